The first-order chi connectivity index (χ1) is 11.9. The maximum atomic E-state index is 12.5. The Bertz CT molecular complexity index is 827. The number of anilines is 1. The number of aryl methyl sites for hydroxylation is 2. The summed E-state index contributed by atoms with van der Waals surface area (Å²) in [6, 6.07) is 7.35. The molecule has 1 atom stereocenters. The Morgan fingerprint density at radius 2 is 2.16 bits per heavy atom. The average molecular weight is 340 g/mol. The lowest BCUT2D eigenvalue weighted by molar-refractivity contribution is -0.142. The van der Waals surface area contributed by atoms with Gasteiger partial charge in [-0.2, -0.15) is 5.10 Å². The van der Waals surface area contributed by atoms with E-state index in [1.807, 2.05) is 31.3 Å². The van der Waals surface area contributed by atoms with E-state index in [4.69, 9.17) is 0 Å². The second kappa shape index (κ2) is 6.88. The van der Waals surface area contributed by atoms with Crippen molar-refractivity contribution in [2.75, 3.05) is 11.9 Å². The molecule has 7 nitrogen and oxygen atoms in total. The molecule has 25 heavy (non-hydrogen) atoms. The van der Waals surface area contributed by atoms with E-state index in [0.717, 1.165) is 16.0 Å². The molecule has 1 N–H and O–H groups in total. The molecule has 7 heteroatoms. The summed E-state index contributed by atoms with van der Waals surface area (Å²) in [5.41, 5.74) is 2.57. The Hall–Kier alpha value is -2.96. The topological polar surface area (TPSA) is 84.3 Å². The van der Waals surface area contributed by atoms with E-state index in [0.29, 0.717) is 12.1 Å². The van der Waals surface area contributed by atoms with Crippen LogP contribution in [0, 0.1) is 12.8 Å². The van der Waals surface area contributed by atoms with Crippen molar-refractivity contribution in [3.05, 3.63) is 47.8 Å². The zero-order valence-electron chi connectivity index (χ0n) is 14.2. The molecule has 1 aromatic carbocycles. The number of amides is 3. The number of rotatable bonds is 5. The molecule has 2 aromatic rings. The minimum absolute atomic E-state index is 0.130. The van der Waals surface area contributed by atoms with Crippen LogP contribution in [0.25, 0.3) is 0 Å². The van der Waals surface area contributed by atoms with E-state index in [-0.39, 0.29) is 30.7 Å². The zero-order valence-corrected chi connectivity index (χ0v) is 14.2. The molecule has 130 valence electrons. The van der Waals surface area contributed by atoms with Crippen molar-refractivity contribution in [1.29, 1.82) is 0 Å². The molecule has 3 amide bonds. The number of likely N-dealkylation sites (tertiary alicyclic amines) is 1. The highest BCUT2D eigenvalue weighted by molar-refractivity contribution is 6.07. The average Bonchev–Trinajstić information content (AvgIpc) is 3.06. The number of carbonyl (C=O) groups is 3. The summed E-state index contributed by atoms with van der Waals surface area (Å²) in [6.45, 7) is 1.67. The van der Waals surface area contributed by atoms with Crippen LogP contribution in [0.2, 0.25) is 0 Å². The van der Waals surface area contributed by atoms with Crippen molar-refractivity contribution in [2.45, 2.75) is 19.8 Å². The number of nitrogens with zero attached hydrogens (tertiary/aromatic N) is 3. The standard InChI is InChI=1S/C18H20N4O3/c1-12-4-3-5-15(6-12)20-16(23)11-22-17(24)8-14(18(22)25)7-13-9-19-21(2)10-13/h3-6,9-10,14H,7-8,11H2,1-2H3,(H,20,23). The third-order valence-electron chi connectivity index (χ3n) is 4.18. The van der Waals surface area contributed by atoms with E-state index in [1.54, 1.807) is 24.0 Å². The van der Waals surface area contributed by atoms with Crippen LogP contribution in [0.3, 0.4) is 0 Å². The van der Waals surface area contributed by atoms with Crippen molar-refractivity contribution >= 4 is 23.4 Å². The number of nitrogens with one attached hydrogen (secondary N) is 1. The Kier molecular flexibility index (Phi) is 4.65. The number of aromatic nitrogens is 2. The van der Waals surface area contributed by atoms with Gasteiger partial charge in [-0.05, 0) is 36.6 Å². The molecule has 0 spiro atoms. The molecule has 0 bridgehead atoms. The lowest BCUT2D eigenvalue weighted by Crippen LogP contribution is -2.38. The summed E-state index contributed by atoms with van der Waals surface area (Å²) in [6.07, 6.45) is 4.09. The molecule has 1 saturated heterocycles. The fourth-order valence-corrected chi connectivity index (χ4v) is 3.01. The van der Waals surface area contributed by atoms with Gasteiger partial charge in [-0.25, -0.2) is 0 Å². The molecule has 1 aromatic heterocycles. The number of hydrogen-bond donors (Lipinski definition) is 1. The van der Waals surface area contributed by atoms with Crippen molar-refractivity contribution < 1.29 is 14.4 Å². The van der Waals surface area contributed by atoms with E-state index >= 15 is 0 Å². The van der Waals surface area contributed by atoms with Crippen LogP contribution in [-0.2, 0) is 27.9 Å². The maximum Gasteiger partial charge on any atom is 0.244 e. The highest BCUT2D eigenvalue weighted by atomic mass is 16.2. The molecule has 0 radical (unpaired) electrons. The van der Waals surface area contributed by atoms with Gasteiger partial charge in [0, 0.05) is 25.4 Å². The predicted molar refractivity (Wildman–Crippen MR) is 91.5 cm³/mol. The summed E-state index contributed by atoms with van der Waals surface area (Å²) in [7, 11) is 1.80. The third kappa shape index (κ3) is 3.93. The zero-order chi connectivity index (χ0) is 18.0. The minimum Gasteiger partial charge on any atom is -0.325 e. The summed E-state index contributed by atoms with van der Waals surface area (Å²) < 4.78 is 1.66. The molecule has 1 fully saturated rings. The van der Waals surface area contributed by atoms with Gasteiger partial charge >= 0.3 is 0 Å². The lowest BCUT2D eigenvalue weighted by Gasteiger charge is -2.15. The number of carbonyl (C=O) groups excluding carboxylic acids is 3. The van der Waals surface area contributed by atoms with Crippen molar-refractivity contribution in [3.63, 3.8) is 0 Å². The number of hydrogen-bond acceptors (Lipinski definition) is 4. The predicted octanol–water partition coefficient (Wildman–Crippen LogP) is 1.28. The fourth-order valence-electron chi connectivity index (χ4n) is 3.01. The second-order valence-electron chi connectivity index (χ2n) is 6.36. The molecule has 1 aliphatic rings. The molecule has 2 heterocycles. The monoisotopic (exact) mass is 340 g/mol. The minimum atomic E-state index is -0.427. The van der Waals surface area contributed by atoms with Crippen LogP contribution in [0.4, 0.5) is 5.69 Å². The van der Waals surface area contributed by atoms with Crippen molar-refractivity contribution in [1.82, 2.24) is 14.7 Å². The van der Waals surface area contributed by atoms with Gasteiger partial charge in [-0.3, -0.25) is 24.0 Å². The molecular formula is C18H20N4O3. The van der Waals surface area contributed by atoms with E-state index in [2.05, 4.69) is 10.4 Å². The quantitative estimate of drug-likeness (QED) is 0.831. The van der Waals surface area contributed by atoms with Crippen LogP contribution < -0.4 is 5.32 Å². The van der Waals surface area contributed by atoms with Gasteiger partial charge in [0.05, 0.1) is 12.1 Å². The lowest BCUT2D eigenvalue weighted by atomic mass is 10.0. The van der Waals surface area contributed by atoms with Gasteiger partial charge in [0.1, 0.15) is 6.54 Å². The first-order valence-electron chi connectivity index (χ1n) is 8.10. The summed E-state index contributed by atoms with van der Waals surface area (Å²) in [5.74, 6) is -1.41. The first kappa shape index (κ1) is 16.9. The Labute approximate surface area is 145 Å². The van der Waals surface area contributed by atoms with Crippen LogP contribution in [0.15, 0.2) is 36.7 Å². The second-order valence-corrected chi connectivity index (χ2v) is 6.36. The molecule has 0 saturated carbocycles. The Balaban J connectivity index is 1.61. The molecule has 1 unspecified atom stereocenters. The van der Waals surface area contributed by atoms with Crippen LogP contribution in [0.1, 0.15) is 17.5 Å². The normalized spacial score (nSPS) is 17.2. The van der Waals surface area contributed by atoms with Crippen LogP contribution >= 0.6 is 0 Å². The molecule has 1 aliphatic heterocycles. The Morgan fingerprint density at radius 1 is 1.36 bits per heavy atom. The van der Waals surface area contributed by atoms with Gasteiger partial charge < -0.3 is 5.32 Å². The van der Waals surface area contributed by atoms with Gasteiger partial charge in [0.25, 0.3) is 0 Å². The van der Waals surface area contributed by atoms with E-state index in [1.165, 1.54) is 0 Å². The van der Waals surface area contributed by atoms with Gasteiger partial charge in [-0.1, -0.05) is 12.1 Å². The first-order valence-corrected chi connectivity index (χ1v) is 8.10. The highest BCUT2D eigenvalue weighted by Crippen LogP contribution is 2.23. The summed E-state index contributed by atoms with van der Waals surface area (Å²) >= 11 is 0. The highest BCUT2D eigenvalue weighted by Gasteiger charge is 2.39. The van der Waals surface area contributed by atoms with Gasteiger partial charge in [0.15, 0.2) is 0 Å². The fraction of sp³-hybridized carbons (Fsp3) is 0.333. The summed E-state index contributed by atoms with van der Waals surface area (Å²) in [4.78, 5) is 37.8. The molecule has 3 rings (SSSR count). The Morgan fingerprint density at radius 3 is 2.84 bits per heavy atom. The van der Waals surface area contributed by atoms with Gasteiger partial charge in [0.2, 0.25) is 17.7 Å². The number of imide groups is 1. The van der Waals surface area contributed by atoms with Crippen LogP contribution in [0.5, 0.6) is 0 Å². The van der Waals surface area contributed by atoms with Crippen LogP contribution in [-0.4, -0.2) is 38.9 Å². The number of benzene rings is 1. The van der Waals surface area contributed by atoms with Crippen molar-refractivity contribution in [3.8, 4) is 0 Å². The molecule has 0 aliphatic carbocycles. The van der Waals surface area contributed by atoms with E-state index in [9.17, 15) is 14.4 Å². The SMILES string of the molecule is Cc1cccc(NC(=O)CN2C(=O)CC(Cc3cnn(C)c3)C2=O)c1. The van der Waals surface area contributed by atoms with E-state index < -0.39 is 5.92 Å². The van der Waals surface area contributed by atoms with Gasteiger partial charge in [-0.15, -0.1) is 0 Å². The summed E-state index contributed by atoms with van der Waals surface area (Å²) in [5, 5.41) is 6.79. The molecular weight excluding hydrogens is 320 g/mol. The third-order valence-corrected chi connectivity index (χ3v) is 4.18. The largest absolute Gasteiger partial charge is 0.325 e. The smallest absolute Gasteiger partial charge is 0.244 e. The van der Waals surface area contributed by atoms with Crippen molar-refractivity contribution in [2.24, 2.45) is 13.0 Å². The maximum absolute atomic E-state index is 12.5.